The molecule has 5 rings (SSSR count). The van der Waals surface area contributed by atoms with Crippen molar-refractivity contribution in [3.8, 4) is 11.1 Å². The molecule has 0 bridgehead atoms. The Morgan fingerprint density at radius 1 is 0.816 bits per heavy atom. The molecule has 2 amide bonds. The number of carbonyl (C=O) groups is 3. The van der Waals surface area contributed by atoms with Gasteiger partial charge in [-0.3, -0.25) is 14.3 Å². The summed E-state index contributed by atoms with van der Waals surface area (Å²) in [6.07, 6.45) is -0.297. The zero-order valence-corrected chi connectivity index (χ0v) is 27.5. The Hall–Kier alpha value is -5.59. The molecule has 0 fully saturated rings. The van der Waals surface area contributed by atoms with E-state index < -0.39 is 40.0 Å². The van der Waals surface area contributed by atoms with Gasteiger partial charge in [-0.25, -0.2) is 17.9 Å². The van der Waals surface area contributed by atoms with E-state index in [1.54, 1.807) is 83.5 Å². The fourth-order valence-electron chi connectivity index (χ4n) is 5.41. The molecule has 12 heteroatoms. The van der Waals surface area contributed by atoms with E-state index in [9.17, 15) is 33.0 Å². The number of hydrogen-bond acceptors (Lipinski definition) is 7. The number of sulfonamides is 1. The maximum atomic E-state index is 13.3. The maximum absolute atomic E-state index is 13.3. The highest BCUT2D eigenvalue weighted by atomic mass is 32.2. The number of carboxylic acids is 1. The molecule has 252 valence electrons. The molecule has 0 saturated heterocycles. The number of rotatable bonds is 14. The van der Waals surface area contributed by atoms with Crippen molar-refractivity contribution in [2.45, 2.75) is 49.8 Å². The summed E-state index contributed by atoms with van der Waals surface area (Å²) in [7, 11) is -4.20. The number of carboxylic acid groups (broad SMARTS) is 1. The lowest BCUT2D eigenvalue weighted by molar-refractivity contribution is -0.148. The Morgan fingerprint density at radius 2 is 1.45 bits per heavy atom. The van der Waals surface area contributed by atoms with E-state index in [-0.39, 0.29) is 22.6 Å². The number of aryl methyl sites for hydroxylation is 1. The molecule has 0 saturated carbocycles. The van der Waals surface area contributed by atoms with Crippen molar-refractivity contribution in [2.24, 2.45) is 0 Å². The van der Waals surface area contributed by atoms with Crippen molar-refractivity contribution >= 4 is 27.8 Å². The zero-order chi connectivity index (χ0) is 35.0. The van der Waals surface area contributed by atoms with Crippen molar-refractivity contribution < 1.29 is 33.0 Å². The number of carbonyl (C=O) groups excluding carboxylic acids is 2. The molecule has 49 heavy (non-hydrogen) atoms. The van der Waals surface area contributed by atoms with Crippen LogP contribution in [-0.2, 0) is 34.2 Å². The van der Waals surface area contributed by atoms with Gasteiger partial charge >= 0.3 is 5.97 Å². The lowest BCUT2D eigenvalue weighted by Crippen LogP contribution is -2.48. The van der Waals surface area contributed by atoms with E-state index in [0.29, 0.717) is 24.1 Å². The van der Waals surface area contributed by atoms with Gasteiger partial charge in [0, 0.05) is 16.8 Å². The fraction of sp³-hybridized carbons (Fsp3) is 0.189. The van der Waals surface area contributed by atoms with Crippen LogP contribution in [-0.4, -0.2) is 58.3 Å². The van der Waals surface area contributed by atoms with Gasteiger partial charge in [0.15, 0.2) is 6.10 Å². The quantitative estimate of drug-likeness (QED) is 0.133. The lowest BCUT2D eigenvalue weighted by atomic mass is 10.0. The fourth-order valence-corrected chi connectivity index (χ4v) is 6.62. The molecule has 5 aromatic rings. The molecule has 2 atom stereocenters. The predicted octanol–water partition coefficient (Wildman–Crippen LogP) is 4.46. The molecular weight excluding hydrogens is 644 g/mol. The second-order valence-corrected chi connectivity index (χ2v) is 13.1. The second kappa shape index (κ2) is 15.5. The first-order valence-electron chi connectivity index (χ1n) is 15.7. The Morgan fingerprint density at radius 3 is 2.10 bits per heavy atom. The molecular formula is C37H36N4O7S. The minimum absolute atomic E-state index is 0.0430. The maximum Gasteiger partial charge on any atom is 0.334 e. The van der Waals surface area contributed by atoms with Crippen LogP contribution in [0, 0.1) is 0 Å². The minimum atomic E-state index is -4.20. The number of nitrogens with zero attached hydrogens (tertiary/aromatic N) is 2. The monoisotopic (exact) mass is 680 g/mol. The highest BCUT2D eigenvalue weighted by Gasteiger charge is 2.29. The summed E-state index contributed by atoms with van der Waals surface area (Å²) in [4.78, 5) is 37.5. The molecule has 1 heterocycles. The summed E-state index contributed by atoms with van der Waals surface area (Å²) in [6.45, 7) is 2.31. The Balaban J connectivity index is 1.34. The van der Waals surface area contributed by atoms with Gasteiger partial charge in [-0.1, -0.05) is 104 Å². The molecule has 0 aliphatic heterocycles. The summed E-state index contributed by atoms with van der Waals surface area (Å²) in [5, 5.41) is 27.0. The van der Waals surface area contributed by atoms with Crippen LogP contribution in [0.25, 0.3) is 11.1 Å². The standard InChI is InChI=1S/C37H36N4O7S/c1-2-11-29-23-32(36(44)38-31(34(42)37(45)46)22-25-12-5-3-6-13-25)39-41(29)24-26-18-20-27(21-19-26)30-16-9-10-17-33(30)49(47,48)40-35(43)28-14-7-4-8-15-28/h3-10,12-21,23,31,34,42H,2,11,22,24H2,1H3,(H,38,44)(H,40,43)(H,45,46). The van der Waals surface area contributed by atoms with E-state index in [2.05, 4.69) is 15.1 Å². The Labute approximate surface area is 284 Å². The van der Waals surface area contributed by atoms with Crippen LogP contribution in [0.4, 0.5) is 0 Å². The first-order chi connectivity index (χ1) is 23.6. The van der Waals surface area contributed by atoms with Crippen LogP contribution in [0.15, 0.2) is 120 Å². The number of aliphatic hydroxyl groups excluding tert-OH is 1. The average Bonchev–Trinajstić information content (AvgIpc) is 3.50. The van der Waals surface area contributed by atoms with Crippen LogP contribution >= 0.6 is 0 Å². The van der Waals surface area contributed by atoms with Gasteiger partial charge in [-0.05, 0) is 53.8 Å². The molecule has 4 aromatic carbocycles. The molecule has 0 aliphatic rings. The summed E-state index contributed by atoms with van der Waals surface area (Å²) in [6, 6.07) is 31.3. The molecule has 0 aliphatic carbocycles. The Kier molecular flexibility index (Phi) is 11.0. The number of aromatic nitrogens is 2. The number of nitrogens with one attached hydrogen (secondary N) is 2. The van der Waals surface area contributed by atoms with Crippen LogP contribution in [0.1, 0.15) is 51.0 Å². The third-order valence-corrected chi connectivity index (χ3v) is 9.28. The van der Waals surface area contributed by atoms with Gasteiger partial charge in [0.1, 0.15) is 5.69 Å². The summed E-state index contributed by atoms with van der Waals surface area (Å²) in [5.74, 6) is -2.78. The number of hydrogen-bond donors (Lipinski definition) is 4. The largest absolute Gasteiger partial charge is 0.479 e. The first kappa shape index (κ1) is 34.7. The van der Waals surface area contributed by atoms with Gasteiger partial charge < -0.3 is 15.5 Å². The lowest BCUT2D eigenvalue weighted by Gasteiger charge is -2.21. The molecule has 0 spiro atoms. The number of benzene rings is 4. The topological polar surface area (TPSA) is 168 Å². The van der Waals surface area contributed by atoms with E-state index in [1.807, 2.05) is 25.1 Å². The third-order valence-electron chi connectivity index (χ3n) is 7.89. The average molecular weight is 681 g/mol. The van der Waals surface area contributed by atoms with Gasteiger partial charge in [-0.15, -0.1) is 0 Å². The molecule has 2 unspecified atom stereocenters. The SMILES string of the molecule is CCCc1cc(C(=O)NC(Cc2ccccc2)C(O)C(=O)O)nn1Cc1ccc(-c2ccccc2S(=O)(=O)NC(=O)c2ccccc2)cc1. The second-order valence-electron chi connectivity index (χ2n) is 11.5. The van der Waals surface area contributed by atoms with Crippen molar-refractivity contribution in [1.29, 1.82) is 0 Å². The van der Waals surface area contributed by atoms with Gasteiger partial charge in [0.25, 0.3) is 21.8 Å². The zero-order valence-electron chi connectivity index (χ0n) is 26.7. The van der Waals surface area contributed by atoms with E-state index in [1.165, 1.54) is 18.2 Å². The number of aliphatic hydroxyl groups is 1. The van der Waals surface area contributed by atoms with Crippen LogP contribution in [0.5, 0.6) is 0 Å². The van der Waals surface area contributed by atoms with Crippen molar-refractivity contribution in [1.82, 2.24) is 19.8 Å². The highest BCUT2D eigenvalue weighted by molar-refractivity contribution is 7.90. The smallest absolute Gasteiger partial charge is 0.334 e. The number of amides is 2. The molecule has 0 radical (unpaired) electrons. The highest BCUT2D eigenvalue weighted by Crippen LogP contribution is 2.28. The summed E-state index contributed by atoms with van der Waals surface area (Å²) < 4.78 is 30.4. The normalized spacial score (nSPS) is 12.5. The molecule has 4 N–H and O–H groups in total. The number of aliphatic carboxylic acids is 1. The summed E-state index contributed by atoms with van der Waals surface area (Å²) in [5.41, 5.74) is 3.73. The van der Waals surface area contributed by atoms with Crippen LogP contribution < -0.4 is 10.0 Å². The minimum Gasteiger partial charge on any atom is -0.479 e. The van der Waals surface area contributed by atoms with Gasteiger partial charge in [0.2, 0.25) is 0 Å². The van der Waals surface area contributed by atoms with Crippen molar-refractivity contribution in [3.63, 3.8) is 0 Å². The van der Waals surface area contributed by atoms with Crippen molar-refractivity contribution in [3.05, 3.63) is 143 Å². The predicted molar refractivity (Wildman–Crippen MR) is 183 cm³/mol. The van der Waals surface area contributed by atoms with E-state index >= 15 is 0 Å². The van der Waals surface area contributed by atoms with Gasteiger partial charge in [0.05, 0.1) is 17.5 Å². The first-order valence-corrected chi connectivity index (χ1v) is 17.2. The summed E-state index contributed by atoms with van der Waals surface area (Å²) >= 11 is 0. The van der Waals surface area contributed by atoms with Crippen LogP contribution in [0.3, 0.4) is 0 Å². The van der Waals surface area contributed by atoms with E-state index in [0.717, 1.165) is 23.2 Å². The third kappa shape index (κ3) is 8.66. The van der Waals surface area contributed by atoms with Crippen LogP contribution in [0.2, 0.25) is 0 Å². The Bertz CT molecular complexity index is 2030. The molecule has 11 nitrogen and oxygen atoms in total. The molecule has 1 aromatic heterocycles. The van der Waals surface area contributed by atoms with Gasteiger partial charge in [-0.2, -0.15) is 5.10 Å². The van der Waals surface area contributed by atoms with E-state index in [4.69, 9.17) is 0 Å². The van der Waals surface area contributed by atoms with Crippen molar-refractivity contribution in [2.75, 3.05) is 0 Å².